The van der Waals surface area contributed by atoms with Crippen LogP contribution in [0.15, 0.2) is 22.8 Å². The van der Waals surface area contributed by atoms with E-state index in [2.05, 4.69) is 6.08 Å². The number of allylic oxidation sites excluding steroid dienone is 4. The number of ketones is 1. The van der Waals surface area contributed by atoms with Gasteiger partial charge in [0.05, 0.1) is 13.2 Å². The third kappa shape index (κ3) is 6.05. The molecule has 0 aromatic rings. The van der Waals surface area contributed by atoms with Gasteiger partial charge in [0.2, 0.25) is 0 Å². The Labute approximate surface area is 182 Å². The van der Waals surface area contributed by atoms with E-state index in [1.54, 1.807) is 13.8 Å². The van der Waals surface area contributed by atoms with Crippen LogP contribution in [0, 0.1) is 23.2 Å². The number of ether oxygens (including phenoxy) is 2. The molecule has 0 aliphatic heterocycles. The number of rotatable bonds is 10. The predicted octanol–water partition coefficient (Wildman–Crippen LogP) is 5.43. The zero-order valence-corrected chi connectivity index (χ0v) is 20.1. The van der Waals surface area contributed by atoms with Crippen molar-refractivity contribution in [2.45, 2.75) is 81.1 Å². The fourth-order valence-electron chi connectivity index (χ4n) is 4.68. The first-order chi connectivity index (χ1) is 14.0. The lowest BCUT2D eigenvalue weighted by Gasteiger charge is -2.45. The molecule has 0 saturated carbocycles. The number of carbonyl (C=O) groups is 3. The van der Waals surface area contributed by atoms with E-state index in [1.807, 2.05) is 41.5 Å². The SMILES string of the molecule is CCOC(=O)C(C(=O)OCC)[C@@H](C(C)CCC=C(C)C)[C@@]1(C)CCC(C)=C(C)C1=O. The van der Waals surface area contributed by atoms with Gasteiger partial charge in [-0.3, -0.25) is 14.4 Å². The molecule has 0 radical (unpaired) electrons. The highest BCUT2D eigenvalue weighted by Crippen LogP contribution is 2.49. The van der Waals surface area contributed by atoms with E-state index in [-0.39, 0.29) is 24.9 Å². The topological polar surface area (TPSA) is 69.7 Å². The molecule has 1 unspecified atom stereocenters. The normalized spacial score (nSPS) is 21.3. The van der Waals surface area contributed by atoms with Crippen LogP contribution in [-0.2, 0) is 23.9 Å². The molecule has 0 fully saturated rings. The molecule has 5 nitrogen and oxygen atoms in total. The van der Waals surface area contributed by atoms with E-state index < -0.39 is 29.2 Å². The summed E-state index contributed by atoms with van der Waals surface area (Å²) in [6.07, 6.45) is 5.15. The van der Waals surface area contributed by atoms with Crippen LogP contribution in [0.4, 0.5) is 0 Å². The third-order valence-electron chi connectivity index (χ3n) is 6.48. The molecule has 5 heteroatoms. The minimum absolute atomic E-state index is 0.0314. The molecular weight excluding hydrogens is 380 g/mol. The Hall–Kier alpha value is -1.91. The fourth-order valence-corrected chi connectivity index (χ4v) is 4.68. The van der Waals surface area contributed by atoms with Crippen LogP contribution in [0.5, 0.6) is 0 Å². The Bertz CT molecular complexity index is 680. The van der Waals surface area contributed by atoms with Gasteiger partial charge in [-0.15, -0.1) is 0 Å². The quantitative estimate of drug-likeness (QED) is 0.268. The Balaban J connectivity index is 3.49. The molecule has 1 rings (SSSR count). The van der Waals surface area contributed by atoms with Crippen LogP contribution in [0.25, 0.3) is 0 Å². The smallest absolute Gasteiger partial charge is 0.320 e. The lowest BCUT2D eigenvalue weighted by Crippen LogP contribution is -2.50. The van der Waals surface area contributed by atoms with E-state index in [1.165, 1.54) is 5.57 Å². The Kier molecular flexibility index (Phi) is 9.99. The maximum absolute atomic E-state index is 13.5. The van der Waals surface area contributed by atoms with Gasteiger partial charge in [0.15, 0.2) is 11.7 Å². The van der Waals surface area contributed by atoms with Crippen LogP contribution in [-0.4, -0.2) is 30.9 Å². The minimum Gasteiger partial charge on any atom is -0.465 e. The summed E-state index contributed by atoms with van der Waals surface area (Å²) in [6.45, 7) is 15.7. The standard InChI is InChI=1S/C25H40O5/c1-9-29-23(27)20(24(28)30-10-2)21(18(6)13-11-12-16(3)4)25(8)15-14-17(5)19(7)22(25)26/h12,18,20-21H,9-11,13-15H2,1-8H3/t18?,21-,25-/m1/s1. The molecule has 0 amide bonds. The van der Waals surface area contributed by atoms with Gasteiger partial charge < -0.3 is 9.47 Å². The molecule has 0 aromatic heterocycles. The van der Waals surface area contributed by atoms with Crippen LogP contribution in [0.2, 0.25) is 0 Å². The number of esters is 2. The van der Waals surface area contributed by atoms with Gasteiger partial charge in [0.1, 0.15) is 0 Å². The maximum Gasteiger partial charge on any atom is 0.320 e. The van der Waals surface area contributed by atoms with Crippen molar-refractivity contribution in [1.29, 1.82) is 0 Å². The Morgan fingerprint density at radius 3 is 2.10 bits per heavy atom. The summed E-state index contributed by atoms with van der Waals surface area (Å²) in [5, 5.41) is 0. The second-order valence-corrected chi connectivity index (χ2v) is 9.00. The number of carbonyl (C=O) groups excluding carboxylic acids is 3. The van der Waals surface area contributed by atoms with Gasteiger partial charge in [-0.2, -0.15) is 0 Å². The molecular formula is C25H40O5. The van der Waals surface area contributed by atoms with Crippen molar-refractivity contribution in [3.8, 4) is 0 Å². The lowest BCUT2D eigenvalue weighted by atomic mass is 9.57. The first kappa shape index (κ1) is 26.1. The second-order valence-electron chi connectivity index (χ2n) is 9.00. The summed E-state index contributed by atoms with van der Waals surface area (Å²) in [5.41, 5.74) is 2.23. The van der Waals surface area contributed by atoms with Crippen molar-refractivity contribution in [2.24, 2.45) is 23.2 Å². The summed E-state index contributed by atoms with van der Waals surface area (Å²) >= 11 is 0. The van der Waals surface area contributed by atoms with Gasteiger partial charge in [0.25, 0.3) is 0 Å². The van der Waals surface area contributed by atoms with Crippen LogP contribution >= 0.6 is 0 Å². The first-order valence-electron chi connectivity index (χ1n) is 11.2. The first-order valence-corrected chi connectivity index (χ1v) is 11.2. The zero-order chi connectivity index (χ0) is 23.1. The van der Waals surface area contributed by atoms with Gasteiger partial charge in [-0.1, -0.05) is 31.1 Å². The summed E-state index contributed by atoms with van der Waals surface area (Å²) < 4.78 is 10.6. The van der Waals surface area contributed by atoms with E-state index in [9.17, 15) is 14.4 Å². The average molecular weight is 421 g/mol. The van der Waals surface area contributed by atoms with Crippen molar-refractivity contribution in [3.05, 3.63) is 22.8 Å². The molecule has 0 bridgehead atoms. The molecule has 0 aromatic carbocycles. The Morgan fingerprint density at radius 2 is 1.63 bits per heavy atom. The third-order valence-corrected chi connectivity index (χ3v) is 6.48. The van der Waals surface area contributed by atoms with E-state index in [0.29, 0.717) is 6.42 Å². The average Bonchev–Trinajstić information content (AvgIpc) is 2.67. The second kappa shape index (κ2) is 11.5. The molecule has 0 heterocycles. The van der Waals surface area contributed by atoms with Gasteiger partial charge in [-0.25, -0.2) is 0 Å². The van der Waals surface area contributed by atoms with Crippen LogP contribution < -0.4 is 0 Å². The van der Waals surface area contributed by atoms with Gasteiger partial charge in [-0.05, 0) is 84.6 Å². The monoisotopic (exact) mass is 420 g/mol. The molecule has 3 atom stereocenters. The Morgan fingerprint density at radius 1 is 1.10 bits per heavy atom. The number of Topliss-reactive ketones (excluding diaryl/α,β-unsaturated/α-hetero) is 1. The van der Waals surface area contributed by atoms with Crippen LogP contribution in [0.1, 0.15) is 81.1 Å². The summed E-state index contributed by atoms with van der Waals surface area (Å²) in [4.78, 5) is 39.4. The highest BCUT2D eigenvalue weighted by molar-refractivity contribution is 6.03. The zero-order valence-electron chi connectivity index (χ0n) is 20.1. The lowest BCUT2D eigenvalue weighted by molar-refractivity contribution is -0.170. The maximum atomic E-state index is 13.5. The highest BCUT2D eigenvalue weighted by Gasteiger charge is 2.53. The molecule has 0 N–H and O–H groups in total. The molecule has 1 aliphatic rings. The molecule has 0 spiro atoms. The fraction of sp³-hybridized carbons (Fsp3) is 0.720. The van der Waals surface area contributed by atoms with E-state index in [4.69, 9.17) is 9.47 Å². The molecule has 1 aliphatic carbocycles. The van der Waals surface area contributed by atoms with E-state index >= 15 is 0 Å². The number of hydrogen-bond donors (Lipinski definition) is 0. The van der Waals surface area contributed by atoms with Crippen molar-refractivity contribution >= 4 is 17.7 Å². The predicted molar refractivity (Wildman–Crippen MR) is 119 cm³/mol. The largest absolute Gasteiger partial charge is 0.465 e. The van der Waals surface area contributed by atoms with Gasteiger partial charge in [0, 0.05) is 5.41 Å². The van der Waals surface area contributed by atoms with Crippen molar-refractivity contribution in [1.82, 2.24) is 0 Å². The molecule has 30 heavy (non-hydrogen) atoms. The highest BCUT2D eigenvalue weighted by atomic mass is 16.6. The molecule has 0 saturated heterocycles. The molecule has 170 valence electrons. The van der Waals surface area contributed by atoms with Gasteiger partial charge >= 0.3 is 11.9 Å². The summed E-state index contributed by atoms with van der Waals surface area (Å²) in [5.74, 6) is -2.78. The van der Waals surface area contributed by atoms with Crippen LogP contribution in [0.3, 0.4) is 0 Å². The van der Waals surface area contributed by atoms with Crippen molar-refractivity contribution in [3.63, 3.8) is 0 Å². The summed E-state index contributed by atoms with van der Waals surface area (Å²) in [6, 6.07) is 0. The van der Waals surface area contributed by atoms with E-state index in [0.717, 1.165) is 30.4 Å². The summed E-state index contributed by atoms with van der Waals surface area (Å²) in [7, 11) is 0. The minimum atomic E-state index is -1.10. The number of hydrogen-bond acceptors (Lipinski definition) is 5. The van der Waals surface area contributed by atoms with Crippen molar-refractivity contribution in [2.75, 3.05) is 13.2 Å². The van der Waals surface area contributed by atoms with Crippen molar-refractivity contribution < 1.29 is 23.9 Å².